The Balaban J connectivity index is 4.07. The van der Waals surface area contributed by atoms with Gasteiger partial charge in [-0.1, -0.05) is 27.2 Å². The van der Waals surface area contributed by atoms with Crippen LogP contribution in [0.1, 0.15) is 53.4 Å². The van der Waals surface area contributed by atoms with Gasteiger partial charge in [-0.25, -0.2) is 0 Å². The minimum Gasteiger partial charge on any atom is -0.355 e. The molecule has 0 spiro atoms. The molecular weight excluding hydrogens is 244 g/mol. The molecule has 0 fully saturated rings. The predicted octanol–water partition coefficient (Wildman–Crippen LogP) is 2.80. The average Bonchev–Trinajstić information content (AvgIpc) is 2.40. The van der Waals surface area contributed by atoms with Crippen molar-refractivity contribution >= 4 is 17.7 Å². The Morgan fingerprint density at radius 3 is 2.33 bits per heavy atom. The van der Waals surface area contributed by atoms with Crippen LogP contribution >= 0.6 is 11.8 Å². The second-order valence-corrected chi connectivity index (χ2v) is 6.12. The number of thioether (sulfide) groups is 1. The minimum atomic E-state index is -0.105. The molecule has 0 aromatic carbocycles. The zero-order chi connectivity index (χ0) is 14.0. The van der Waals surface area contributed by atoms with Crippen molar-refractivity contribution in [3.63, 3.8) is 0 Å². The molecule has 0 saturated carbocycles. The van der Waals surface area contributed by atoms with E-state index in [4.69, 9.17) is 0 Å². The molecule has 0 aromatic heterocycles. The molecule has 0 radical (unpaired) electrons. The van der Waals surface area contributed by atoms with Crippen molar-refractivity contribution in [1.82, 2.24) is 10.6 Å². The summed E-state index contributed by atoms with van der Waals surface area (Å²) in [5.74, 6) is 0.116. The Morgan fingerprint density at radius 1 is 1.28 bits per heavy atom. The molecule has 0 aliphatic rings. The van der Waals surface area contributed by atoms with Crippen LogP contribution in [0.2, 0.25) is 0 Å². The van der Waals surface area contributed by atoms with E-state index in [0.717, 1.165) is 38.8 Å². The van der Waals surface area contributed by atoms with Gasteiger partial charge in [-0.15, -0.1) is 0 Å². The molecule has 3 nitrogen and oxygen atoms in total. The van der Waals surface area contributed by atoms with Crippen LogP contribution in [0.15, 0.2) is 0 Å². The molecule has 0 aliphatic carbocycles. The third-order valence-corrected chi connectivity index (χ3v) is 5.26. The van der Waals surface area contributed by atoms with Gasteiger partial charge in [0.2, 0.25) is 5.91 Å². The van der Waals surface area contributed by atoms with E-state index in [1.54, 1.807) is 0 Å². The van der Waals surface area contributed by atoms with Crippen molar-refractivity contribution in [2.45, 2.75) is 64.2 Å². The standard InChI is InChI=1S/C14H30N2OS/c1-6-9-10-15-13(17)12(4)16-11-14(7-2,8-3)18-5/h12,16H,6-11H2,1-5H3,(H,15,17). The van der Waals surface area contributed by atoms with Crippen LogP contribution in [0.4, 0.5) is 0 Å². The van der Waals surface area contributed by atoms with Gasteiger partial charge in [0.1, 0.15) is 0 Å². The second-order valence-electron chi connectivity index (χ2n) is 4.84. The molecule has 0 bridgehead atoms. The van der Waals surface area contributed by atoms with Gasteiger partial charge in [-0.2, -0.15) is 11.8 Å². The van der Waals surface area contributed by atoms with Gasteiger partial charge in [0.05, 0.1) is 6.04 Å². The molecule has 0 saturated heterocycles. The highest BCUT2D eigenvalue weighted by Gasteiger charge is 2.26. The maximum atomic E-state index is 11.8. The lowest BCUT2D eigenvalue weighted by Gasteiger charge is -2.31. The molecule has 0 heterocycles. The summed E-state index contributed by atoms with van der Waals surface area (Å²) in [6.45, 7) is 10.2. The summed E-state index contributed by atoms with van der Waals surface area (Å²) in [4.78, 5) is 11.8. The predicted molar refractivity (Wildman–Crippen MR) is 82.2 cm³/mol. The van der Waals surface area contributed by atoms with E-state index in [9.17, 15) is 4.79 Å². The van der Waals surface area contributed by atoms with Crippen molar-refractivity contribution in [2.75, 3.05) is 19.3 Å². The van der Waals surface area contributed by atoms with E-state index in [1.165, 1.54) is 0 Å². The number of rotatable bonds is 10. The molecule has 0 aromatic rings. The number of hydrogen-bond acceptors (Lipinski definition) is 3. The van der Waals surface area contributed by atoms with E-state index in [1.807, 2.05) is 18.7 Å². The fraction of sp³-hybridized carbons (Fsp3) is 0.929. The normalized spacial score (nSPS) is 13.4. The number of hydrogen-bond donors (Lipinski definition) is 2. The topological polar surface area (TPSA) is 41.1 Å². The molecule has 0 rings (SSSR count). The van der Waals surface area contributed by atoms with Crippen LogP contribution in [0.3, 0.4) is 0 Å². The quantitative estimate of drug-likeness (QED) is 0.602. The SMILES string of the molecule is CCCCNC(=O)C(C)NCC(CC)(CC)SC. The first-order chi connectivity index (χ1) is 8.55. The van der Waals surface area contributed by atoms with Gasteiger partial charge in [0, 0.05) is 17.8 Å². The van der Waals surface area contributed by atoms with E-state index in [0.29, 0.717) is 0 Å². The summed E-state index contributed by atoms with van der Waals surface area (Å²) in [5, 5.41) is 6.34. The Bertz CT molecular complexity index is 222. The fourth-order valence-electron chi connectivity index (χ4n) is 1.83. The Morgan fingerprint density at radius 2 is 1.89 bits per heavy atom. The molecule has 2 N–H and O–H groups in total. The first-order valence-electron chi connectivity index (χ1n) is 7.11. The van der Waals surface area contributed by atoms with Crippen LogP contribution in [0, 0.1) is 0 Å². The molecule has 1 atom stereocenters. The summed E-state index contributed by atoms with van der Waals surface area (Å²) in [6.07, 6.45) is 6.57. The lowest BCUT2D eigenvalue weighted by molar-refractivity contribution is -0.122. The number of nitrogens with one attached hydrogen (secondary N) is 2. The van der Waals surface area contributed by atoms with E-state index in [-0.39, 0.29) is 16.7 Å². The summed E-state index contributed by atoms with van der Waals surface area (Å²) >= 11 is 1.90. The maximum absolute atomic E-state index is 11.8. The summed E-state index contributed by atoms with van der Waals surface area (Å²) in [5.41, 5.74) is 0. The lowest BCUT2D eigenvalue weighted by atomic mass is 10.0. The summed E-state index contributed by atoms with van der Waals surface area (Å²) < 4.78 is 0.262. The van der Waals surface area contributed by atoms with Crippen LogP contribution < -0.4 is 10.6 Å². The first-order valence-corrected chi connectivity index (χ1v) is 8.34. The first kappa shape index (κ1) is 17.8. The van der Waals surface area contributed by atoms with Crippen LogP contribution in [-0.4, -0.2) is 36.0 Å². The zero-order valence-electron chi connectivity index (χ0n) is 12.6. The third kappa shape index (κ3) is 6.10. The van der Waals surface area contributed by atoms with Gasteiger partial charge >= 0.3 is 0 Å². The van der Waals surface area contributed by atoms with Gasteiger partial charge in [0.15, 0.2) is 0 Å². The number of amides is 1. The van der Waals surface area contributed by atoms with E-state index >= 15 is 0 Å². The highest BCUT2D eigenvalue weighted by molar-refractivity contribution is 8.00. The van der Waals surface area contributed by atoms with Crippen molar-refractivity contribution in [1.29, 1.82) is 0 Å². The lowest BCUT2D eigenvalue weighted by Crippen LogP contribution is -2.47. The van der Waals surface area contributed by atoms with Crippen molar-refractivity contribution < 1.29 is 4.79 Å². The summed E-state index contributed by atoms with van der Waals surface area (Å²) in [6, 6.07) is -0.105. The molecule has 108 valence electrons. The van der Waals surface area contributed by atoms with Crippen LogP contribution in [-0.2, 0) is 4.79 Å². The number of unbranched alkanes of at least 4 members (excludes halogenated alkanes) is 1. The van der Waals surface area contributed by atoms with Crippen molar-refractivity contribution in [3.05, 3.63) is 0 Å². The number of carbonyl (C=O) groups excluding carboxylic acids is 1. The van der Waals surface area contributed by atoms with Gasteiger partial charge in [-0.05, 0) is 32.4 Å². The largest absolute Gasteiger partial charge is 0.355 e. The molecule has 18 heavy (non-hydrogen) atoms. The highest BCUT2D eigenvalue weighted by Crippen LogP contribution is 2.29. The second kappa shape index (κ2) is 9.68. The van der Waals surface area contributed by atoms with Gasteiger partial charge in [-0.3, -0.25) is 4.79 Å². The zero-order valence-corrected chi connectivity index (χ0v) is 13.5. The molecule has 1 amide bonds. The minimum absolute atomic E-state index is 0.105. The Hall–Kier alpha value is -0.220. The number of carbonyl (C=O) groups is 1. The Kier molecular flexibility index (Phi) is 9.56. The molecular formula is C14H30N2OS. The Labute approximate surface area is 117 Å². The van der Waals surface area contributed by atoms with E-state index in [2.05, 4.69) is 37.7 Å². The molecule has 0 aliphatic heterocycles. The van der Waals surface area contributed by atoms with Gasteiger partial charge in [0.25, 0.3) is 0 Å². The van der Waals surface area contributed by atoms with Crippen molar-refractivity contribution in [2.24, 2.45) is 0 Å². The van der Waals surface area contributed by atoms with Gasteiger partial charge < -0.3 is 10.6 Å². The third-order valence-electron chi connectivity index (χ3n) is 3.67. The summed E-state index contributed by atoms with van der Waals surface area (Å²) in [7, 11) is 0. The highest BCUT2D eigenvalue weighted by atomic mass is 32.2. The molecule has 4 heteroatoms. The average molecular weight is 274 g/mol. The molecule has 1 unspecified atom stereocenters. The van der Waals surface area contributed by atoms with Crippen LogP contribution in [0.25, 0.3) is 0 Å². The van der Waals surface area contributed by atoms with Crippen molar-refractivity contribution in [3.8, 4) is 0 Å². The van der Waals surface area contributed by atoms with Crippen LogP contribution in [0.5, 0.6) is 0 Å². The smallest absolute Gasteiger partial charge is 0.236 e. The monoisotopic (exact) mass is 274 g/mol. The maximum Gasteiger partial charge on any atom is 0.236 e. The van der Waals surface area contributed by atoms with E-state index < -0.39 is 0 Å². The fourth-order valence-corrected chi connectivity index (χ4v) is 2.64.